The molecule has 1 unspecified atom stereocenters. The van der Waals surface area contributed by atoms with Crippen LogP contribution in [0.5, 0.6) is 0 Å². The molecule has 0 aromatic carbocycles. The fourth-order valence-electron chi connectivity index (χ4n) is 2.61. The Kier molecular flexibility index (Phi) is 5.78. The minimum Gasteiger partial charge on any atom is -0.462 e. The molecule has 2 aromatic rings. The topological polar surface area (TPSA) is 108 Å². The molecule has 0 saturated carbocycles. The van der Waals surface area contributed by atoms with Gasteiger partial charge in [0.05, 0.1) is 30.2 Å². The number of carbonyl (C=O) groups excluding carboxylic acids is 1. The standard InChI is InChI=1S/C20H23N3O4/c1-12(2)11-27-19(25)15-13(3)22-17-16(15)14(10-23(5)18(17)24)6-7-20(4,26)8-9-21/h10,12,22,26H,8,11H2,1-5H3. The van der Waals surface area contributed by atoms with Gasteiger partial charge in [-0.2, -0.15) is 5.26 Å². The molecule has 142 valence electrons. The smallest absolute Gasteiger partial charge is 0.340 e. The van der Waals surface area contributed by atoms with Crippen LogP contribution in [-0.2, 0) is 11.8 Å². The quantitative estimate of drug-likeness (QED) is 0.633. The van der Waals surface area contributed by atoms with Crippen LogP contribution in [0.4, 0.5) is 0 Å². The van der Waals surface area contributed by atoms with Crippen LogP contribution in [0.25, 0.3) is 10.9 Å². The number of nitrogens with zero attached hydrogens (tertiary/aromatic N) is 2. The van der Waals surface area contributed by atoms with E-state index in [1.807, 2.05) is 19.9 Å². The van der Waals surface area contributed by atoms with E-state index in [-0.39, 0.29) is 35.6 Å². The van der Waals surface area contributed by atoms with Gasteiger partial charge in [0.25, 0.3) is 5.56 Å². The predicted molar refractivity (Wildman–Crippen MR) is 101 cm³/mol. The highest BCUT2D eigenvalue weighted by Gasteiger charge is 2.23. The van der Waals surface area contributed by atoms with Crippen molar-refractivity contribution in [2.24, 2.45) is 13.0 Å². The van der Waals surface area contributed by atoms with Gasteiger partial charge in [-0.25, -0.2) is 4.79 Å². The number of aliphatic hydroxyl groups is 1. The number of hydrogen-bond donors (Lipinski definition) is 2. The Hall–Kier alpha value is -3.03. The molecule has 27 heavy (non-hydrogen) atoms. The van der Waals surface area contributed by atoms with Crippen LogP contribution >= 0.6 is 0 Å². The van der Waals surface area contributed by atoms with Crippen LogP contribution in [0.3, 0.4) is 0 Å². The van der Waals surface area contributed by atoms with Crippen LogP contribution in [0, 0.1) is 36.0 Å². The van der Waals surface area contributed by atoms with E-state index < -0.39 is 11.6 Å². The number of H-pyrrole nitrogens is 1. The highest BCUT2D eigenvalue weighted by atomic mass is 16.5. The van der Waals surface area contributed by atoms with Crippen LogP contribution in [0.1, 0.15) is 48.8 Å². The molecule has 2 aromatic heterocycles. The minimum atomic E-state index is -1.50. The largest absolute Gasteiger partial charge is 0.462 e. The zero-order valence-corrected chi connectivity index (χ0v) is 16.1. The molecule has 2 N–H and O–H groups in total. The third kappa shape index (κ3) is 4.39. The second-order valence-corrected chi connectivity index (χ2v) is 7.18. The molecule has 2 rings (SSSR count). The first-order valence-electron chi connectivity index (χ1n) is 8.59. The highest BCUT2D eigenvalue weighted by molar-refractivity contribution is 6.07. The van der Waals surface area contributed by atoms with Gasteiger partial charge in [-0.3, -0.25) is 4.79 Å². The van der Waals surface area contributed by atoms with Gasteiger partial charge in [0.15, 0.2) is 0 Å². The number of pyridine rings is 1. The van der Waals surface area contributed by atoms with Gasteiger partial charge >= 0.3 is 5.97 Å². The summed E-state index contributed by atoms with van der Waals surface area (Å²) in [5.41, 5.74) is -0.393. The summed E-state index contributed by atoms with van der Waals surface area (Å²) < 4.78 is 6.69. The highest BCUT2D eigenvalue weighted by Crippen LogP contribution is 2.24. The molecule has 0 aliphatic carbocycles. The minimum absolute atomic E-state index is 0.162. The van der Waals surface area contributed by atoms with E-state index in [1.54, 1.807) is 14.0 Å². The molecule has 0 bridgehead atoms. The lowest BCUT2D eigenvalue weighted by molar-refractivity contribution is 0.0460. The molecule has 0 spiro atoms. The average Bonchev–Trinajstić information content (AvgIpc) is 2.92. The van der Waals surface area contributed by atoms with Crippen molar-refractivity contribution in [3.63, 3.8) is 0 Å². The Bertz CT molecular complexity index is 1040. The maximum atomic E-state index is 12.6. The molecule has 0 fully saturated rings. The molecule has 2 heterocycles. The summed E-state index contributed by atoms with van der Waals surface area (Å²) in [6.45, 7) is 7.24. The number of nitrogens with one attached hydrogen (secondary N) is 1. The second-order valence-electron chi connectivity index (χ2n) is 7.18. The second kappa shape index (κ2) is 7.69. The van der Waals surface area contributed by atoms with Crippen molar-refractivity contribution in [1.29, 1.82) is 5.26 Å². The van der Waals surface area contributed by atoms with Crippen molar-refractivity contribution in [1.82, 2.24) is 9.55 Å². The van der Waals surface area contributed by atoms with Gasteiger partial charge in [-0.05, 0) is 19.8 Å². The van der Waals surface area contributed by atoms with Gasteiger partial charge < -0.3 is 19.4 Å². The Morgan fingerprint density at radius 3 is 2.74 bits per heavy atom. The predicted octanol–water partition coefficient (Wildman–Crippen LogP) is 2.00. The number of ether oxygens (including phenoxy) is 1. The molecular formula is C20H23N3O4. The average molecular weight is 369 g/mol. The Labute approximate surface area is 157 Å². The first kappa shape index (κ1) is 20.3. The third-order valence-electron chi connectivity index (χ3n) is 3.96. The van der Waals surface area contributed by atoms with E-state index in [0.717, 1.165) is 0 Å². The van der Waals surface area contributed by atoms with Gasteiger partial charge in [0.2, 0.25) is 0 Å². The molecule has 7 heteroatoms. The van der Waals surface area contributed by atoms with E-state index in [4.69, 9.17) is 10.00 Å². The zero-order valence-electron chi connectivity index (χ0n) is 16.1. The van der Waals surface area contributed by atoms with Gasteiger partial charge in [-0.1, -0.05) is 25.7 Å². The first-order valence-corrected chi connectivity index (χ1v) is 8.59. The third-order valence-corrected chi connectivity index (χ3v) is 3.96. The summed E-state index contributed by atoms with van der Waals surface area (Å²) in [6.07, 6.45) is 1.34. The van der Waals surface area contributed by atoms with E-state index in [1.165, 1.54) is 17.7 Å². The summed E-state index contributed by atoms with van der Waals surface area (Å²) in [6, 6.07) is 1.87. The van der Waals surface area contributed by atoms with Gasteiger partial charge in [-0.15, -0.1) is 0 Å². The van der Waals surface area contributed by atoms with Crippen molar-refractivity contribution in [3.05, 3.63) is 33.4 Å². The molecule has 0 amide bonds. The van der Waals surface area contributed by atoms with E-state index in [2.05, 4.69) is 16.8 Å². The Balaban J connectivity index is 2.70. The number of fused-ring (bicyclic) bond motifs is 1. The molecular weight excluding hydrogens is 346 g/mol. The molecule has 0 radical (unpaired) electrons. The van der Waals surface area contributed by atoms with Crippen LogP contribution in [0.2, 0.25) is 0 Å². The van der Waals surface area contributed by atoms with Crippen molar-refractivity contribution >= 4 is 16.9 Å². The van der Waals surface area contributed by atoms with E-state index in [9.17, 15) is 14.7 Å². The number of aromatic nitrogens is 2. The maximum Gasteiger partial charge on any atom is 0.340 e. The molecule has 0 aliphatic rings. The summed E-state index contributed by atoms with van der Waals surface area (Å²) in [4.78, 5) is 28.0. The zero-order chi connectivity index (χ0) is 20.4. The number of rotatable bonds is 4. The van der Waals surface area contributed by atoms with Crippen molar-refractivity contribution < 1.29 is 14.6 Å². The fourth-order valence-corrected chi connectivity index (χ4v) is 2.61. The number of aromatic amines is 1. The summed E-state index contributed by atoms with van der Waals surface area (Å²) >= 11 is 0. The van der Waals surface area contributed by atoms with Crippen molar-refractivity contribution in [3.8, 4) is 17.9 Å². The van der Waals surface area contributed by atoms with Crippen LogP contribution in [-0.4, -0.2) is 32.8 Å². The number of hydrogen-bond acceptors (Lipinski definition) is 5. The fraction of sp³-hybridized carbons (Fsp3) is 0.450. The molecule has 1 atom stereocenters. The van der Waals surface area contributed by atoms with Crippen LogP contribution < -0.4 is 5.56 Å². The van der Waals surface area contributed by atoms with E-state index in [0.29, 0.717) is 16.6 Å². The first-order chi connectivity index (χ1) is 12.6. The van der Waals surface area contributed by atoms with Gasteiger partial charge in [0.1, 0.15) is 11.1 Å². The van der Waals surface area contributed by atoms with Crippen molar-refractivity contribution in [2.75, 3.05) is 6.61 Å². The van der Waals surface area contributed by atoms with Crippen molar-refractivity contribution in [2.45, 2.75) is 39.7 Å². The molecule has 0 aliphatic heterocycles. The number of aryl methyl sites for hydroxylation is 2. The maximum absolute atomic E-state index is 12.6. The van der Waals surface area contributed by atoms with E-state index >= 15 is 0 Å². The molecule has 0 saturated heterocycles. The SMILES string of the molecule is Cc1[nH]c2c(=O)n(C)cc(C#CC(C)(O)CC#N)c2c1C(=O)OCC(C)C. The number of nitriles is 1. The Morgan fingerprint density at radius 2 is 2.15 bits per heavy atom. The number of esters is 1. The summed E-state index contributed by atoms with van der Waals surface area (Å²) in [5.74, 6) is 5.10. The summed E-state index contributed by atoms with van der Waals surface area (Å²) in [7, 11) is 1.58. The lowest BCUT2D eigenvalue weighted by atomic mass is 10.0. The normalized spacial score (nSPS) is 13.0. The summed E-state index contributed by atoms with van der Waals surface area (Å²) in [5, 5.41) is 19.3. The van der Waals surface area contributed by atoms with Gasteiger partial charge in [0, 0.05) is 24.3 Å². The lowest BCUT2D eigenvalue weighted by Gasteiger charge is -2.11. The van der Waals surface area contributed by atoms with Crippen LogP contribution in [0.15, 0.2) is 11.0 Å². The number of carbonyl (C=O) groups is 1. The molecule has 7 nitrogen and oxygen atoms in total. The Morgan fingerprint density at radius 1 is 1.48 bits per heavy atom. The lowest BCUT2D eigenvalue weighted by Crippen LogP contribution is -2.21. The monoisotopic (exact) mass is 369 g/mol.